The van der Waals surface area contributed by atoms with Crippen molar-refractivity contribution >= 4 is 11.9 Å². The van der Waals surface area contributed by atoms with Crippen molar-refractivity contribution in [2.24, 2.45) is 5.41 Å². The molecule has 2 rings (SSSR count). The topological polar surface area (TPSA) is 88.3 Å². The standard InChI is InChI=1S/C12H18N4O3/c1-12(2)4-3-6-16(10(12)11(18)19)9(17)8-15-7-5-13-14-15/h5,7,10H,3-4,6,8H2,1-2H3,(H,18,19). The van der Waals surface area contributed by atoms with Crippen LogP contribution < -0.4 is 0 Å². The molecule has 0 saturated carbocycles. The zero-order valence-corrected chi connectivity index (χ0v) is 11.1. The Morgan fingerprint density at radius 1 is 1.47 bits per heavy atom. The Balaban J connectivity index is 2.16. The molecular formula is C12H18N4O3. The Morgan fingerprint density at radius 2 is 2.21 bits per heavy atom. The summed E-state index contributed by atoms with van der Waals surface area (Å²) < 4.78 is 1.41. The second-order valence-corrected chi connectivity index (χ2v) is 5.52. The first kappa shape index (κ1) is 13.5. The van der Waals surface area contributed by atoms with Crippen LogP contribution in [0.1, 0.15) is 26.7 Å². The smallest absolute Gasteiger partial charge is 0.326 e. The highest BCUT2D eigenvalue weighted by atomic mass is 16.4. The van der Waals surface area contributed by atoms with E-state index in [-0.39, 0.29) is 12.5 Å². The number of carboxylic acids is 1. The summed E-state index contributed by atoms with van der Waals surface area (Å²) in [5, 5.41) is 16.7. The van der Waals surface area contributed by atoms with Crippen LogP contribution in [0.15, 0.2) is 12.4 Å². The van der Waals surface area contributed by atoms with E-state index in [1.807, 2.05) is 13.8 Å². The van der Waals surface area contributed by atoms with Crippen molar-refractivity contribution in [1.82, 2.24) is 19.9 Å². The van der Waals surface area contributed by atoms with Gasteiger partial charge in [0.2, 0.25) is 5.91 Å². The van der Waals surface area contributed by atoms with Crippen LogP contribution >= 0.6 is 0 Å². The molecule has 1 aromatic rings. The van der Waals surface area contributed by atoms with Gasteiger partial charge in [0.25, 0.3) is 0 Å². The van der Waals surface area contributed by atoms with Gasteiger partial charge in [-0.05, 0) is 18.3 Å². The van der Waals surface area contributed by atoms with E-state index in [0.717, 1.165) is 12.8 Å². The zero-order valence-electron chi connectivity index (χ0n) is 11.1. The second kappa shape index (κ2) is 4.99. The fourth-order valence-corrected chi connectivity index (χ4v) is 2.68. The molecule has 0 radical (unpaired) electrons. The van der Waals surface area contributed by atoms with Crippen molar-refractivity contribution in [3.63, 3.8) is 0 Å². The molecule has 2 heterocycles. The van der Waals surface area contributed by atoms with Gasteiger partial charge in [0.15, 0.2) is 0 Å². The summed E-state index contributed by atoms with van der Waals surface area (Å²) in [6, 6.07) is -0.780. The van der Waals surface area contributed by atoms with Crippen LogP contribution in [-0.4, -0.2) is 49.5 Å². The van der Waals surface area contributed by atoms with E-state index in [4.69, 9.17) is 0 Å². The van der Waals surface area contributed by atoms with Crippen molar-refractivity contribution in [2.75, 3.05) is 6.54 Å². The summed E-state index contributed by atoms with van der Waals surface area (Å²) in [6.07, 6.45) is 4.70. The quantitative estimate of drug-likeness (QED) is 0.854. The van der Waals surface area contributed by atoms with Gasteiger partial charge in [-0.25, -0.2) is 9.48 Å². The van der Waals surface area contributed by atoms with Gasteiger partial charge in [-0.15, -0.1) is 5.10 Å². The number of carbonyl (C=O) groups excluding carboxylic acids is 1. The highest BCUT2D eigenvalue weighted by Crippen LogP contribution is 2.35. The van der Waals surface area contributed by atoms with Crippen molar-refractivity contribution in [2.45, 2.75) is 39.3 Å². The first-order valence-electron chi connectivity index (χ1n) is 6.28. The van der Waals surface area contributed by atoms with Gasteiger partial charge in [-0.2, -0.15) is 0 Å². The predicted octanol–water partition coefficient (Wildman–Crippen LogP) is 0.380. The molecule has 1 aliphatic heterocycles. The monoisotopic (exact) mass is 266 g/mol. The minimum atomic E-state index is -0.948. The van der Waals surface area contributed by atoms with Crippen LogP contribution in [0.5, 0.6) is 0 Å². The highest BCUT2D eigenvalue weighted by molar-refractivity contribution is 5.84. The molecule has 7 heteroatoms. The van der Waals surface area contributed by atoms with E-state index in [0.29, 0.717) is 6.54 Å². The van der Waals surface area contributed by atoms with Gasteiger partial charge in [0.05, 0.1) is 6.20 Å². The number of amides is 1. The average molecular weight is 266 g/mol. The van der Waals surface area contributed by atoms with Gasteiger partial charge in [-0.1, -0.05) is 19.1 Å². The first-order chi connectivity index (χ1) is 8.92. The fraction of sp³-hybridized carbons (Fsp3) is 0.667. The van der Waals surface area contributed by atoms with Crippen molar-refractivity contribution in [3.8, 4) is 0 Å². The maximum absolute atomic E-state index is 12.2. The largest absolute Gasteiger partial charge is 0.480 e. The summed E-state index contributed by atoms with van der Waals surface area (Å²) >= 11 is 0. The Bertz CT molecular complexity index is 469. The lowest BCUT2D eigenvalue weighted by atomic mass is 9.76. The second-order valence-electron chi connectivity index (χ2n) is 5.52. The molecule has 1 aliphatic rings. The van der Waals surface area contributed by atoms with Gasteiger partial charge < -0.3 is 10.0 Å². The van der Waals surface area contributed by atoms with Gasteiger partial charge in [-0.3, -0.25) is 4.79 Å². The molecular weight excluding hydrogens is 248 g/mol. The number of nitrogens with zero attached hydrogens (tertiary/aromatic N) is 4. The van der Waals surface area contributed by atoms with Crippen molar-refractivity contribution in [1.29, 1.82) is 0 Å². The number of piperidine rings is 1. The van der Waals surface area contributed by atoms with Crippen LogP contribution in [0.2, 0.25) is 0 Å². The Kier molecular flexibility index (Phi) is 3.55. The molecule has 1 N–H and O–H groups in total. The van der Waals surface area contributed by atoms with E-state index in [1.54, 1.807) is 6.20 Å². The summed E-state index contributed by atoms with van der Waals surface area (Å²) in [4.78, 5) is 25.2. The lowest BCUT2D eigenvalue weighted by molar-refractivity contribution is -0.159. The molecule has 104 valence electrons. The van der Waals surface area contributed by atoms with Crippen LogP contribution in [0.3, 0.4) is 0 Å². The minimum Gasteiger partial charge on any atom is -0.480 e. The molecule has 1 unspecified atom stereocenters. The molecule has 0 spiro atoms. The molecule has 1 atom stereocenters. The number of likely N-dealkylation sites (tertiary alicyclic amines) is 1. The number of aliphatic carboxylic acids is 1. The maximum Gasteiger partial charge on any atom is 0.326 e. The van der Waals surface area contributed by atoms with E-state index in [2.05, 4.69) is 10.3 Å². The van der Waals surface area contributed by atoms with Gasteiger partial charge in [0, 0.05) is 12.7 Å². The highest BCUT2D eigenvalue weighted by Gasteiger charge is 2.44. The zero-order chi connectivity index (χ0) is 14.0. The van der Waals surface area contributed by atoms with Crippen LogP contribution in [-0.2, 0) is 16.1 Å². The molecule has 7 nitrogen and oxygen atoms in total. The van der Waals surface area contributed by atoms with Crippen LogP contribution in [0, 0.1) is 5.41 Å². The number of carboxylic acid groups (broad SMARTS) is 1. The van der Waals surface area contributed by atoms with E-state index >= 15 is 0 Å². The average Bonchev–Trinajstić information content (AvgIpc) is 2.79. The molecule has 1 saturated heterocycles. The fourth-order valence-electron chi connectivity index (χ4n) is 2.68. The van der Waals surface area contributed by atoms with Crippen molar-refractivity contribution < 1.29 is 14.7 Å². The Hall–Kier alpha value is -1.92. The van der Waals surface area contributed by atoms with Gasteiger partial charge >= 0.3 is 5.97 Å². The first-order valence-corrected chi connectivity index (χ1v) is 6.28. The summed E-state index contributed by atoms with van der Waals surface area (Å²) in [6.45, 7) is 4.29. The van der Waals surface area contributed by atoms with E-state index < -0.39 is 17.4 Å². The third kappa shape index (κ3) is 2.74. The summed E-state index contributed by atoms with van der Waals surface area (Å²) in [5.41, 5.74) is -0.415. The molecule has 0 aliphatic carbocycles. The summed E-state index contributed by atoms with van der Waals surface area (Å²) in [5.74, 6) is -1.18. The number of aromatic nitrogens is 3. The normalized spacial score (nSPS) is 22.2. The van der Waals surface area contributed by atoms with Crippen LogP contribution in [0.25, 0.3) is 0 Å². The van der Waals surface area contributed by atoms with Gasteiger partial charge in [0.1, 0.15) is 12.6 Å². The number of hydrogen-bond acceptors (Lipinski definition) is 4. The molecule has 0 aromatic carbocycles. The molecule has 1 fully saturated rings. The molecule has 0 bridgehead atoms. The van der Waals surface area contributed by atoms with E-state index in [9.17, 15) is 14.7 Å². The third-order valence-electron chi connectivity index (χ3n) is 3.60. The summed E-state index contributed by atoms with van der Waals surface area (Å²) in [7, 11) is 0. The number of rotatable bonds is 3. The molecule has 19 heavy (non-hydrogen) atoms. The number of hydrogen-bond donors (Lipinski definition) is 1. The van der Waals surface area contributed by atoms with Crippen LogP contribution in [0.4, 0.5) is 0 Å². The SMILES string of the molecule is CC1(C)CCCN(C(=O)Cn2ccnn2)C1C(=O)O. The Labute approximate surface area is 111 Å². The molecule has 1 aromatic heterocycles. The Morgan fingerprint density at radius 3 is 2.79 bits per heavy atom. The minimum absolute atomic E-state index is 0.0276. The maximum atomic E-state index is 12.2. The predicted molar refractivity (Wildman–Crippen MR) is 66.2 cm³/mol. The lowest BCUT2D eigenvalue weighted by Crippen LogP contribution is -2.57. The third-order valence-corrected chi connectivity index (χ3v) is 3.60. The van der Waals surface area contributed by atoms with Crippen molar-refractivity contribution in [3.05, 3.63) is 12.4 Å². The molecule has 1 amide bonds. The number of carbonyl (C=O) groups is 2. The lowest BCUT2D eigenvalue weighted by Gasteiger charge is -2.43. The van der Waals surface area contributed by atoms with E-state index in [1.165, 1.54) is 15.8 Å².